The van der Waals surface area contributed by atoms with E-state index in [2.05, 4.69) is 9.55 Å². The van der Waals surface area contributed by atoms with Crippen LogP contribution in [0.25, 0.3) is 11.3 Å². The molecule has 4 rings (SSSR count). The van der Waals surface area contributed by atoms with E-state index in [1.54, 1.807) is 25.4 Å². The molecule has 35 heavy (non-hydrogen) atoms. The van der Waals surface area contributed by atoms with Gasteiger partial charge in [0.25, 0.3) is 0 Å². The van der Waals surface area contributed by atoms with Crippen molar-refractivity contribution in [3.05, 3.63) is 88.8 Å². The van der Waals surface area contributed by atoms with Crippen molar-refractivity contribution in [2.24, 2.45) is 4.99 Å². The van der Waals surface area contributed by atoms with Crippen LogP contribution in [0.5, 0.6) is 5.75 Å². The van der Waals surface area contributed by atoms with Crippen molar-refractivity contribution in [3.8, 4) is 17.0 Å². The molecule has 0 fully saturated rings. The van der Waals surface area contributed by atoms with Crippen molar-refractivity contribution in [3.63, 3.8) is 0 Å². The number of methoxy groups -OCH3 is 1. The largest absolute Gasteiger partial charge is 0.497 e. The molecule has 0 aliphatic rings. The van der Waals surface area contributed by atoms with Gasteiger partial charge in [-0.15, -0.1) is 11.3 Å². The first-order valence-corrected chi connectivity index (χ1v) is 13.6. The van der Waals surface area contributed by atoms with Gasteiger partial charge in [-0.05, 0) is 53.6 Å². The van der Waals surface area contributed by atoms with Gasteiger partial charge in [0.15, 0.2) is 4.80 Å². The Labute approximate surface area is 210 Å². The minimum absolute atomic E-state index is 0.294. The lowest BCUT2D eigenvalue weighted by atomic mass is 10.1. The van der Waals surface area contributed by atoms with Crippen molar-refractivity contribution in [1.29, 1.82) is 0 Å². The molecule has 0 atom stereocenters. The zero-order valence-electron chi connectivity index (χ0n) is 20.0. The van der Waals surface area contributed by atoms with Crippen molar-refractivity contribution in [2.45, 2.75) is 25.3 Å². The van der Waals surface area contributed by atoms with E-state index in [0.717, 1.165) is 33.1 Å². The Morgan fingerprint density at radius 1 is 1.03 bits per heavy atom. The minimum atomic E-state index is -3.51. The third-order valence-corrected chi connectivity index (χ3v) is 8.58. The zero-order valence-corrected chi connectivity index (χ0v) is 21.6. The zero-order chi connectivity index (χ0) is 24.8. The molecule has 2 aromatic carbocycles. The molecule has 9 heteroatoms. The van der Waals surface area contributed by atoms with Crippen LogP contribution >= 0.6 is 11.3 Å². The highest BCUT2D eigenvalue weighted by molar-refractivity contribution is 7.89. The number of rotatable bonds is 9. The van der Waals surface area contributed by atoms with E-state index in [0.29, 0.717) is 24.5 Å². The topological polar surface area (TPSA) is 76.8 Å². The standard InChI is InChI=1S/C26H28N4O3S2/c1-4-29(5-2)35(31,32)24-14-8-21(9-15-24)25-19-34-26(28-22-10-12-23(33-3)13-11-22)30(25)18-20-7-6-16-27-17-20/h6-17,19H,4-5,18H2,1-3H3. The molecule has 0 saturated carbocycles. The van der Waals surface area contributed by atoms with Crippen LogP contribution in [0.2, 0.25) is 0 Å². The van der Waals surface area contributed by atoms with E-state index in [4.69, 9.17) is 9.73 Å². The van der Waals surface area contributed by atoms with E-state index in [-0.39, 0.29) is 0 Å². The molecule has 0 unspecified atom stereocenters. The number of pyridine rings is 1. The first kappa shape index (κ1) is 24.8. The first-order chi connectivity index (χ1) is 17.0. The second-order valence-electron chi connectivity index (χ2n) is 7.77. The molecule has 7 nitrogen and oxygen atoms in total. The van der Waals surface area contributed by atoms with Crippen LogP contribution in [0, 0.1) is 0 Å². The summed E-state index contributed by atoms with van der Waals surface area (Å²) in [7, 11) is -1.87. The molecule has 2 aromatic heterocycles. The van der Waals surface area contributed by atoms with Gasteiger partial charge in [0, 0.05) is 30.9 Å². The summed E-state index contributed by atoms with van der Waals surface area (Å²) in [5.74, 6) is 0.777. The number of aromatic nitrogens is 2. The third kappa shape index (κ3) is 5.53. The van der Waals surface area contributed by atoms with Gasteiger partial charge in [-0.1, -0.05) is 32.0 Å². The van der Waals surface area contributed by atoms with Crippen LogP contribution in [0.15, 0.2) is 88.3 Å². The Morgan fingerprint density at radius 2 is 1.74 bits per heavy atom. The highest BCUT2D eigenvalue weighted by atomic mass is 32.2. The number of nitrogens with zero attached hydrogens (tertiary/aromatic N) is 4. The summed E-state index contributed by atoms with van der Waals surface area (Å²) < 4.78 is 34.6. The smallest absolute Gasteiger partial charge is 0.243 e. The van der Waals surface area contributed by atoms with Gasteiger partial charge in [0.05, 0.1) is 29.9 Å². The lowest BCUT2D eigenvalue weighted by Crippen LogP contribution is -2.30. The first-order valence-electron chi connectivity index (χ1n) is 11.3. The van der Waals surface area contributed by atoms with Crippen LogP contribution in [-0.2, 0) is 16.6 Å². The minimum Gasteiger partial charge on any atom is -0.497 e. The number of hydrogen-bond acceptors (Lipinski definition) is 6. The predicted octanol–water partition coefficient (Wildman–Crippen LogP) is 4.93. The van der Waals surface area contributed by atoms with Gasteiger partial charge < -0.3 is 9.30 Å². The van der Waals surface area contributed by atoms with Crippen LogP contribution in [0.4, 0.5) is 5.69 Å². The lowest BCUT2D eigenvalue weighted by molar-refractivity contribution is 0.415. The normalized spacial score (nSPS) is 12.3. The lowest BCUT2D eigenvalue weighted by Gasteiger charge is -2.18. The van der Waals surface area contributed by atoms with Gasteiger partial charge in [-0.3, -0.25) is 4.98 Å². The van der Waals surface area contributed by atoms with Crippen molar-refractivity contribution in [1.82, 2.24) is 13.9 Å². The fourth-order valence-electron chi connectivity index (χ4n) is 3.75. The van der Waals surface area contributed by atoms with Crippen molar-refractivity contribution >= 4 is 27.0 Å². The fraction of sp³-hybridized carbons (Fsp3) is 0.231. The average molecular weight is 509 g/mol. The van der Waals surface area contributed by atoms with Crippen LogP contribution in [0.3, 0.4) is 0 Å². The maximum Gasteiger partial charge on any atom is 0.243 e. The van der Waals surface area contributed by atoms with E-state index in [1.807, 2.05) is 74.0 Å². The molecule has 0 N–H and O–H groups in total. The van der Waals surface area contributed by atoms with E-state index in [1.165, 1.54) is 15.6 Å². The predicted molar refractivity (Wildman–Crippen MR) is 139 cm³/mol. The maximum atomic E-state index is 12.9. The second kappa shape index (κ2) is 11.0. The van der Waals surface area contributed by atoms with Crippen LogP contribution < -0.4 is 9.54 Å². The van der Waals surface area contributed by atoms with Crippen molar-refractivity contribution in [2.75, 3.05) is 20.2 Å². The Morgan fingerprint density at radius 3 is 2.34 bits per heavy atom. The molecule has 0 radical (unpaired) electrons. The van der Waals surface area contributed by atoms with E-state index >= 15 is 0 Å². The monoisotopic (exact) mass is 508 g/mol. The number of ether oxygens (including phenoxy) is 1. The Balaban J connectivity index is 1.76. The highest BCUT2D eigenvalue weighted by Crippen LogP contribution is 2.25. The summed E-state index contributed by atoms with van der Waals surface area (Å²) in [5.41, 5.74) is 3.74. The average Bonchev–Trinajstić information content (AvgIpc) is 3.27. The number of sulfonamides is 1. The Bertz CT molecular complexity index is 1420. The SMILES string of the molecule is CCN(CC)S(=O)(=O)c1ccc(-c2csc(=Nc3ccc(OC)cc3)n2Cc2cccnc2)cc1. The number of hydrogen-bond donors (Lipinski definition) is 0. The number of thiazole rings is 1. The molecule has 0 bridgehead atoms. The van der Waals surface area contributed by atoms with Crippen LogP contribution in [0.1, 0.15) is 19.4 Å². The molecule has 2 heterocycles. The molecular weight excluding hydrogens is 480 g/mol. The third-order valence-electron chi connectivity index (χ3n) is 5.65. The van der Waals surface area contributed by atoms with E-state index < -0.39 is 10.0 Å². The summed E-state index contributed by atoms with van der Waals surface area (Å²) in [6, 6.07) is 18.6. The summed E-state index contributed by atoms with van der Waals surface area (Å²) >= 11 is 1.54. The molecule has 182 valence electrons. The number of benzene rings is 2. The highest BCUT2D eigenvalue weighted by Gasteiger charge is 2.21. The second-order valence-corrected chi connectivity index (χ2v) is 10.5. The van der Waals surface area contributed by atoms with Gasteiger partial charge in [0.2, 0.25) is 10.0 Å². The molecule has 0 aliphatic heterocycles. The molecular formula is C26H28N4O3S2. The molecule has 4 aromatic rings. The molecule has 0 aliphatic carbocycles. The Kier molecular flexibility index (Phi) is 7.80. The Hall–Kier alpha value is -3.27. The van der Waals surface area contributed by atoms with Gasteiger partial charge >= 0.3 is 0 Å². The van der Waals surface area contributed by atoms with Gasteiger partial charge in [0.1, 0.15) is 5.75 Å². The van der Waals surface area contributed by atoms with Gasteiger partial charge in [-0.25, -0.2) is 13.4 Å². The van der Waals surface area contributed by atoms with Crippen LogP contribution in [-0.4, -0.2) is 42.5 Å². The molecule has 0 spiro atoms. The quantitative estimate of drug-likeness (QED) is 0.321. The molecule has 0 saturated heterocycles. The fourth-order valence-corrected chi connectivity index (χ4v) is 6.14. The van der Waals surface area contributed by atoms with Crippen molar-refractivity contribution < 1.29 is 13.2 Å². The maximum absolute atomic E-state index is 12.9. The van der Waals surface area contributed by atoms with Gasteiger partial charge in [-0.2, -0.15) is 4.31 Å². The van der Waals surface area contributed by atoms with E-state index in [9.17, 15) is 8.42 Å². The molecule has 0 amide bonds. The summed E-state index contributed by atoms with van der Waals surface area (Å²) in [6.45, 7) is 5.14. The summed E-state index contributed by atoms with van der Waals surface area (Å²) in [6.07, 6.45) is 3.59. The summed E-state index contributed by atoms with van der Waals surface area (Å²) in [4.78, 5) is 10.2. The summed E-state index contributed by atoms with van der Waals surface area (Å²) in [5, 5.41) is 2.05.